The zero-order valence-electron chi connectivity index (χ0n) is 17.2. The number of nitrogens with zero attached hydrogens (tertiary/aromatic N) is 1. The highest BCUT2D eigenvalue weighted by molar-refractivity contribution is 5.95. The van der Waals surface area contributed by atoms with Gasteiger partial charge < -0.3 is 10.1 Å². The molecule has 5 nitrogen and oxygen atoms in total. The third-order valence-corrected chi connectivity index (χ3v) is 5.25. The van der Waals surface area contributed by atoms with Gasteiger partial charge in [0.15, 0.2) is 0 Å². The molecule has 1 N–H and O–H groups in total. The normalized spacial score (nSPS) is 15.6. The lowest BCUT2D eigenvalue weighted by atomic mass is 10.0. The van der Waals surface area contributed by atoms with Crippen molar-refractivity contribution in [3.05, 3.63) is 95.3 Å². The van der Waals surface area contributed by atoms with E-state index in [-0.39, 0.29) is 17.8 Å². The molecule has 0 aromatic heterocycles. The van der Waals surface area contributed by atoms with Gasteiger partial charge in [0.1, 0.15) is 11.9 Å². The first-order chi connectivity index (χ1) is 15.0. The fourth-order valence-corrected chi connectivity index (χ4v) is 3.61. The number of ether oxygens (including phenoxy) is 1. The molecule has 0 bridgehead atoms. The number of rotatable bonds is 6. The second kappa shape index (κ2) is 9.00. The Morgan fingerprint density at radius 2 is 1.81 bits per heavy atom. The molecule has 158 valence electrons. The Morgan fingerprint density at radius 1 is 1.06 bits per heavy atom. The second-order valence-corrected chi connectivity index (χ2v) is 7.44. The molecule has 3 aromatic rings. The van der Waals surface area contributed by atoms with Crippen molar-refractivity contribution in [2.24, 2.45) is 0 Å². The van der Waals surface area contributed by atoms with Crippen LogP contribution in [0.2, 0.25) is 0 Å². The van der Waals surface area contributed by atoms with Crippen LogP contribution in [0.15, 0.2) is 72.8 Å². The number of amides is 2. The summed E-state index contributed by atoms with van der Waals surface area (Å²) >= 11 is 0. The van der Waals surface area contributed by atoms with Crippen LogP contribution in [0, 0.1) is 5.82 Å². The largest absolute Gasteiger partial charge is 0.439 e. The van der Waals surface area contributed by atoms with Gasteiger partial charge in [0.25, 0.3) is 5.91 Å². The third-order valence-electron chi connectivity index (χ3n) is 5.25. The van der Waals surface area contributed by atoms with Crippen LogP contribution in [0.25, 0.3) is 11.1 Å². The van der Waals surface area contributed by atoms with Crippen molar-refractivity contribution in [2.45, 2.75) is 19.6 Å². The molecule has 1 saturated heterocycles. The van der Waals surface area contributed by atoms with Gasteiger partial charge >= 0.3 is 6.09 Å². The molecule has 1 aliphatic rings. The quantitative estimate of drug-likeness (QED) is 0.617. The average molecular weight is 418 g/mol. The van der Waals surface area contributed by atoms with E-state index in [1.807, 2.05) is 49.4 Å². The molecule has 1 unspecified atom stereocenters. The summed E-state index contributed by atoms with van der Waals surface area (Å²) in [5.74, 6) is -0.411. The van der Waals surface area contributed by atoms with E-state index in [0.717, 1.165) is 22.3 Å². The van der Waals surface area contributed by atoms with E-state index in [9.17, 15) is 14.0 Å². The zero-order valence-corrected chi connectivity index (χ0v) is 17.2. The number of hydrogen-bond acceptors (Lipinski definition) is 3. The summed E-state index contributed by atoms with van der Waals surface area (Å²) in [5, 5.41) is 2.81. The maximum absolute atomic E-state index is 13.1. The van der Waals surface area contributed by atoms with E-state index >= 15 is 0 Å². The highest BCUT2D eigenvalue weighted by Crippen LogP contribution is 2.28. The Hall–Kier alpha value is -3.67. The molecular weight excluding hydrogens is 395 g/mol. The molecule has 0 saturated carbocycles. The lowest BCUT2D eigenvalue weighted by Gasteiger charge is -2.13. The van der Waals surface area contributed by atoms with Gasteiger partial charge in [0.05, 0.1) is 6.54 Å². The molecule has 1 atom stereocenters. The van der Waals surface area contributed by atoms with Crippen molar-refractivity contribution in [2.75, 3.05) is 13.1 Å². The van der Waals surface area contributed by atoms with Crippen LogP contribution in [-0.2, 0) is 11.3 Å². The van der Waals surface area contributed by atoms with Gasteiger partial charge in [-0.2, -0.15) is 0 Å². The van der Waals surface area contributed by atoms with E-state index in [1.54, 1.807) is 23.1 Å². The van der Waals surface area contributed by atoms with E-state index in [4.69, 9.17) is 4.74 Å². The maximum atomic E-state index is 13.1. The van der Waals surface area contributed by atoms with Gasteiger partial charge in [-0.3, -0.25) is 9.69 Å². The Morgan fingerprint density at radius 3 is 2.52 bits per heavy atom. The molecule has 3 aromatic carbocycles. The van der Waals surface area contributed by atoms with Crippen LogP contribution >= 0.6 is 0 Å². The summed E-state index contributed by atoms with van der Waals surface area (Å²) in [5.41, 5.74) is 4.31. The molecule has 2 amide bonds. The lowest BCUT2D eigenvalue weighted by molar-refractivity contribution is 0.0955. The molecule has 1 fully saturated rings. The Kier molecular flexibility index (Phi) is 5.98. The first kappa shape index (κ1) is 20.6. The summed E-state index contributed by atoms with van der Waals surface area (Å²) < 4.78 is 18.6. The van der Waals surface area contributed by atoms with Gasteiger partial charge in [0, 0.05) is 18.7 Å². The molecule has 1 heterocycles. The summed E-state index contributed by atoms with van der Waals surface area (Å²) in [4.78, 5) is 26.0. The van der Waals surface area contributed by atoms with Gasteiger partial charge in [-0.05, 0) is 53.4 Å². The Bertz CT molecular complexity index is 1080. The van der Waals surface area contributed by atoms with Crippen LogP contribution in [0.4, 0.5) is 9.18 Å². The summed E-state index contributed by atoms with van der Waals surface area (Å²) in [6.07, 6.45) is -0.780. The number of halogens is 1. The molecule has 6 heteroatoms. The van der Waals surface area contributed by atoms with Crippen molar-refractivity contribution in [1.82, 2.24) is 10.2 Å². The minimum Gasteiger partial charge on any atom is -0.439 e. The molecule has 0 spiro atoms. The van der Waals surface area contributed by atoms with Crippen LogP contribution in [0.3, 0.4) is 0 Å². The number of benzene rings is 3. The SMILES string of the molecule is CCNC(=O)c1cccc(-c2ccc(CN3CC(c4ccc(F)cc4)OC3=O)cc2)c1. The van der Waals surface area contributed by atoms with E-state index < -0.39 is 6.10 Å². The smallest absolute Gasteiger partial charge is 0.410 e. The van der Waals surface area contributed by atoms with Gasteiger partial charge in [-0.1, -0.05) is 48.5 Å². The predicted octanol–water partition coefficient (Wildman–Crippen LogP) is 4.94. The van der Waals surface area contributed by atoms with Gasteiger partial charge in [0.2, 0.25) is 0 Å². The fourth-order valence-electron chi connectivity index (χ4n) is 3.61. The van der Waals surface area contributed by atoms with E-state index in [0.29, 0.717) is 25.2 Å². The summed E-state index contributed by atoms with van der Waals surface area (Å²) in [6, 6.07) is 21.4. The highest BCUT2D eigenvalue weighted by atomic mass is 19.1. The van der Waals surface area contributed by atoms with Crippen molar-refractivity contribution in [3.8, 4) is 11.1 Å². The first-order valence-corrected chi connectivity index (χ1v) is 10.2. The van der Waals surface area contributed by atoms with Gasteiger partial charge in [-0.25, -0.2) is 9.18 Å². The van der Waals surface area contributed by atoms with Crippen LogP contribution in [0.5, 0.6) is 0 Å². The predicted molar refractivity (Wildman–Crippen MR) is 116 cm³/mol. The standard InChI is InChI=1S/C25H23FN2O3/c1-2-27-24(29)21-5-3-4-20(14-21)18-8-6-17(7-9-18)15-28-16-23(31-25(28)30)19-10-12-22(26)13-11-19/h3-14,23H,2,15-16H2,1H3,(H,27,29). The number of cyclic esters (lactones) is 1. The first-order valence-electron chi connectivity index (χ1n) is 10.2. The molecule has 1 aliphatic heterocycles. The third kappa shape index (κ3) is 4.74. The number of carbonyl (C=O) groups excluding carboxylic acids is 2. The Labute approximate surface area is 180 Å². The molecule has 0 radical (unpaired) electrons. The van der Waals surface area contributed by atoms with Gasteiger partial charge in [-0.15, -0.1) is 0 Å². The van der Waals surface area contributed by atoms with Crippen molar-refractivity contribution in [3.63, 3.8) is 0 Å². The van der Waals surface area contributed by atoms with E-state index in [2.05, 4.69) is 5.32 Å². The topological polar surface area (TPSA) is 58.6 Å². The minimum absolute atomic E-state index is 0.0933. The van der Waals surface area contributed by atoms with E-state index in [1.165, 1.54) is 12.1 Å². The van der Waals surface area contributed by atoms with Crippen molar-refractivity contribution < 1.29 is 18.7 Å². The zero-order chi connectivity index (χ0) is 21.8. The number of nitrogens with one attached hydrogen (secondary N) is 1. The average Bonchev–Trinajstić information content (AvgIpc) is 3.15. The monoisotopic (exact) mass is 418 g/mol. The Balaban J connectivity index is 1.43. The van der Waals surface area contributed by atoms with Crippen LogP contribution < -0.4 is 5.32 Å². The lowest BCUT2D eigenvalue weighted by Crippen LogP contribution is -2.23. The molecular formula is C25H23FN2O3. The van der Waals surface area contributed by atoms with Crippen molar-refractivity contribution >= 4 is 12.0 Å². The number of hydrogen-bond donors (Lipinski definition) is 1. The highest BCUT2D eigenvalue weighted by Gasteiger charge is 2.32. The van der Waals surface area contributed by atoms with Crippen LogP contribution in [0.1, 0.15) is 34.5 Å². The maximum Gasteiger partial charge on any atom is 0.410 e. The summed E-state index contributed by atoms with van der Waals surface area (Å²) in [7, 11) is 0. The molecule has 4 rings (SSSR count). The molecule has 0 aliphatic carbocycles. The second-order valence-electron chi connectivity index (χ2n) is 7.44. The van der Waals surface area contributed by atoms with Crippen molar-refractivity contribution in [1.29, 1.82) is 0 Å². The number of carbonyl (C=O) groups is 2. The minimum atomic E-state index is -0.399. The molecule has 31 heavy (non-hydrogen) atoms. The fraction of sp³-hybridized carbons (Fsp3) is 0.200. The summed E-state index contributed by atoms with van der Waals surface area (Å²) in [6.45, 7) is 3.31. The van der Waals surface area contributed by atoms with Crippen LogP contribution in [-0.4, -0.2) is 30.0 Å².